The predicted molar refractivity (Wildman–Crippen MR) is 248 cm³/mol. The fourth-order valence-electron chi connectivity index (χ4n) is 9.02. The first-order valence-corrected chi connectivity index (χ1v) is 24.1. The van der Waals surface area contributed by atoms with Gasteiger partial charge < -0.3 is 28.8 Å². The molecule has 1 aliphatic carbocycles. The Labute approximate surface area is 388 Å². The Balaban J connectivity index is 0.890. The van der Waals surface area contributed by atoms with Crippen LogP contribution >= 0.6 is 23.2 Å². The molecular weight excluding hydrogens is 897 g/mol. The quantitative estimate of drug-likeness (QED) is 0.111. The highest BCUT2D eigenvalue weighted by Gasteiger charge is 2.39. The summed E-state index contributed by atoms with van der Waals surface area (Å²) < 4.78 is 68.4. The van der Waals surface area contributed by atoms with Crippen LogP contribution in [-0.2, 0) is 19.5 Å². The molecule has 65 heavy (non-hydrogen) atoms. The minimum Gasteiger partial charge on any atom is -0.473 e. The number of allylic oxidation sites excluding steroid dienone is 1. The molecule has 2 N–H and O–H groups in total. The zero-order valence-electron chi connectivity index (χ0n) is 36.3. The number of amides is 1. The Morgan fingerprint density at radius 2 is 1.74 bits per heavy atom. The summed E-state index contributed by atoms with van der Waals surface area (Å²) in [5, 5.41) is 1.37. The number of pyridine rings is 2. The third-order valence-electron chi connectivity index (χ3n) is 13.2. The summed E-state index contributed by atoms with van der Waals surface area (Å²) in [6.45, 7) is 8.19. The number of carbonyl (C=O) groups is 1. The largest absolute Gasteiger partial charge is 0.473 e. The minimum atomic E-state index is -4.50. The van der Waals surface area contributed by atoms with Gasteiger partial charge in [-0.05, 0) is 98.2 Å². The van der Waals surface area contributed by atoms with Gasteiger partial charge >= 0.3 is 0 Å². The number of benzene rings is 2. The molecule has 3 saturated heterocycles. The van der Waals surface area contributed by atoms with Crippen LogP contribution in [0.4, 0.5) is 10.1 Å². The lowest BCUT2D eigenvalue weighted by Crippen LogP contribution is -2.55. The van der Waals surface area contributed by atoms with E-state index in [2.05, 4.69) is 53.4 Å². The average molecular weight is 949 g/mol. The lowest BCUT2D eigenvalue weighted by molar-refractivity contribution is -0.0892. The Hall–Kier alpha value is -4.81. The summed E-state index contributed by atoms with van der Waals surface area (Å²) in [7, 11) is -2.71. The van der Waals surface area contributed by atoms with E-state index in [0.29, 0.717) is 61.9 Å². The first-order chi connectivity index (χ1) is 31.2. The van der Waals surface area contributed by atoms with E-state index in [1.54, 1.807) is 37.6 Å². The molecule has 1 atom stereocenters. The number of anilines is 1. The monoisotopic (exact) mass is 947 g/mol. The number of likely N-dealkylation sites (tertiary alicyclic amines) is 1. The number of H-pyrrole nitrogens is 1. The van der Waals surface area contributed by atoms with E-state index in [9.17, 15) is 13.2 Å². The van der Waals surface area contributed by atoms with Crippen LogP contribution in [0, 0.1) is 0 Å². The van der Waals surface area contributed by atoms with Crippen molar-refractivity contribution in [2.24, 2.45) is 0 Å². The van der Waals surface area contributed by atoms with E-state index >= 15 is 4.39 Å². The number of halogens is 3. The van der Waals surface area contributed by atoms with Gasteiger partial charge in [-0.25, -0.2) is 27.5 Å². The summed E-state index contributed by atoms with van der Waals surface area (Å²) in [6, 6.07) is 18.3. The maximum absolute atomic E-state index is 15.6. The van der Waals surface area contributed by atoms with Crippen LogP contribution in [0.3, 0.4) is 0 Å². The molecule has 0 radical (unpaired) electrons. The number of ether oxygens (including phenoxy) is 4. The fraction of sp³-hybridized carbons (Fsp3) is 0.426. The van der Waals surface area contributed by atoms with Gasteiger partial charge in [0.25, 0.3) is 15.9 Å². The highest BCUT2D eigenvalue weighted by molar-refractivity contribution is 7.90. The molecule has 1 unspecified atom stereocenters. The van der Waals surface area contributed by atoms with Gasteiger partial charge in [-0.2, -0.15) is 0 Å². The first-order valence-electron chi connectivity index (χ1n) is 21.9. The zero-order valence-corrected chi connectivity index (χ0v) is 38.7. The van der Waals surface area contributed by atoms with Gasteiger partial charge in [0, 0.05) is 81.3 Å². The molecule has 3 aromatic heterocycles. The summed E-state index contributed by atoms with van der Waals surface area (Å²) in [4.78, 5) is 32.1. The highest BCUT2D eigenvalue weighted by atomic mass is 35.5. The van der Waals surface area contributed by atoms with Crippen molar-refractivity contribution < 1.29 is 36.6 Å². The van der Waals surface area contributed by atoms with Crippen molar-refractivity contribution in [2.75, 3.05) is 77.6 Å². The summed E-state index contributed by atoms with van der Waals surface area (Å²) in [5.41, 5.74) is 3.54. The molecule has 344 valence electrons. The van der Waals surface area contributed by atoms with Gasteiger partial charge in [0.05, 0.1) is 42.8 Å². The number of piperazine rings is 1. The molecule has 3 fully saturated rings. The number of sulfonamides is 1. The number of rotatable bonds is 14. The minimum absolute atomic E-state index is 0.0200. The molecule has 14 nitrogen and oxygen atoms in total. The Morgan fingerprint density at radius 3 is 2.45 bits per heavy atom. The van der Waals surface area contributed by atoms with E-state index in [-0.39, 0.29) is 52.2 Å². The fourth-order valence-corrected chi connectivity index (χ4v) is 10.4. The maximum Gasteiger partial charge on any atom is 0.268 e. The third-order valence-corrected chi connectivity index (χ3v) is 15.0. The molecule has 5 aromatic rings. The lowest BCUT2D eigenvalue weighted by Gasteiger charge is -2.43. The van der Waals surface area contributed by atoms with Crippen molar-refractivity contribution in [1.29, 1.82) is 0 Å². The van der Waals surface area contributed by atoms with Crippen molar-refractivity contribution in [3.63, 3.8) is 0 Å². The van der Waals surface area contributed by atoms with Crippen molar-refractivity contribution >= 4 is 61.4 Å². The normalized spacial score (nSPS) is 21.0. The zero-order chi connectivity index (χ0) is 45.3. The van der Waals surface area contributed by atoms with E-state index < -0.39 is 21.6 Å². The van der Waals surface area contributed by atoms with E-state index in [1.165, 1.54) is 22.9 Å². The van der Waals surface area contributed by atoms with Crippen molar-refractivity contribution in [3.05, 3.63) is 106 Å². The number of hydrogen-bond acceptors (Lipinski definition) is 12. The second-order valence-corrected chi connectivity index (χ2v) is 20.1. The topological polar surface area (TPSA) is 151 Å². The summed E-state index contributed by atoms with van der Waals surface area (Å²) in [5.74, 6) is -0.536. The number of carbonyl (C=O) groups excluding carboxylic acids is 1. The summed E-state index contributed by atoms with van der Waals surface area (Å²) in [6.07, 6.45) is 7.58. The van der Waals surface area contributed by atoms with Gasteiger partial charge in [0.1, 0.15) is 39.3 Å². The molecule has 1 amide bonds. The Bertz CT molecular complexity index is 2680. The average Bonchev–Trinajstić information content (AvgIpc) is 3.75. The number of methoxy groups -OCH3 is 1. The molecule has 6 heterocycles. The molecule has 9 rings (SSSR count). The van der Waals surface area contributed by atoms with Crippen LogP contribution in [-0.4, -0.2) is 129 Å². The molecule has 0 bridgehead atoms. The first kappa shape index (κ1) is 45.4. The Kier molecular flexibility index (Phi) is 13.1. The van der Waals surface area contributed by atoms with Crippen LogP contribution in [0.5, 0.6) is 17.4 Å². The van der Waals surface area contributed by atoms with Gasteiger partial charge in [0.15, 0.2) is 0 Å². The molecule has 3 aliphatic heterocycles. The van der Waals surface area contributed by atoms with E-state index in [1.807, 2.05) is 18.2 Å². The number of aromatic nitrogens is 3. The van der Waals surface area contributed by atoms with E-state index in [0.717, 1.165) is 62.2 Å². The molecule has 0 saturated carbocycles. The van der Waals surface area contributed by atoms with Crippen LogP contribution in [0.1, 0.15) is 54.9 Å². The standard InChI is InChI=1S/C47H52Cl2FN7O7S/c1-46(61-2)11-9-39(31-3-5-34(48)6-4-31)33(24-46)27-55-17-19-57(20-18-55)35-7-8-40(42(22-35)64-37-21-32-10-14-51-43(32)52-25-37)44(58)54-65(59,60)38-23-41(49)45(53-26-38)63-30-47(50)12-15-56(16-13-47)36-28-62-29-36/h3-8,10,14,21-23,25-26,36H,9,11-13,15-20,24,27-30H2,1-2H3,(H,51,52)(H,54,58). The number of hydrogen-bond donors (Lipinski definition) is 2. The molecule has 18 heteroatoms. The molecule has 4 aliphatic rings. The molecular formula is C47H52Cl2FN7O7S. The van der Waals surface area contributed by atoms with Crippen molar-refractivity contribution in [2.45, 2.75) is 61.2 Å². The van der Waals surface area contributed by atoms with Gasteiger partial charge in [-0.1, -0.05) is 35.3 Å². The highest BCUT2D eigenvalue weighted by Crippen LogP contribution is 2.41. The van der Waals surface area contributed by atoms with Gasteiger partial charge in [0.2, 0.25) is 5.88 Å². The van der Waals surface area contributed by atoms with Crippen molar-refractivity contribution in [1.82, 2.24) is 29.5 Å². The third kappa shape index (κ3) is 10.3. The number of fused-ring (bicyclic) bond motifs is 1. The van der Waals surface area contributed by atoms with Gasteiger partial charge in [-0.15, -0.1) is 0 Å². The number of nitrogens with zero attached hydrogens (tertiary/aromatic N) is 5. The second-order valence-electron chi connectivity index (χ2n) is 17.6. The van der Waals surface area contributed by atoms with E-state index in [4.69, 9.17) is 42.1 Å². The molecule has 0 spiro atoms. The van der Waals surface area contributed by atoms with Crippen LogP contribution < -0.4 is 19.1 Å². The number of alkyl halides is 1. The second kappa shape index (κ2) is 18.8. The SMILES string of the molecule is COC1(C)CCC(c2ccc(Cl)cc2)=C(CN2CCN(c3ccc(C(=O)NS(=O)(=O)c4cnc(OCC5(F)CCN(C6COC6)CC5)c(Cl)c4)c(Oc4cnc5[nH]ccc5c4)c3)CC2)C1. The van der Waals surface area contributed by atoms with Crippen LogP contribution in [0.15, 0.2) is 89.7 Å². The number of piperidine rings is 1. The van der Waals surface area contributed by atoms with Crippen LogP contribution in [0.25, 0.3) is 16.6 Å². The number of nitrogens with one attached hydrogen (secondary N) is 2. The molecule has 2 aromatic carbocycles. The van der Waals surface area contributed by atoms with Crippen molar-refractivity contribution in [3.8, 4) is 17.4 Å². The predicted octanol–water partition coefficient (Wildman–Crippen LogP) is 7.92. The van der Waals surface area contributed by atoms with Crippen LogP contribution in [0.2, 0.25) is 10.0 Å². The number of aromatic amines is 1. The maximum atomic E-state index is 15.6. The lowest BCUT2D eigenvalue weighted by atomic mass is 9.79. The smallest absolute Gasteiger partial charge is 0.268 e. The Morgan fingerprint density at radius 1 is 0.969 bits per heavy atom. The summed E-state index contributed by atoms with van der Waals surface area (Å²) >= 11 is 12.7. The van der Waals surface area contributed by atoms with Gasteiger partial charge in [-0.3, -0.25) is 14.6 Å².